The number of piperidine rings is 1. The molecule has 0 bridgehead atoms. The van der Waals surface area contributed by atoms with Gasteiger partial charge in [-0.2, -0.15) is 0 Å². The molecule has 2 aliphatic rings. The highest BCUT2D eigenvalue weighted by Crippen LogP contribution is 2.29. The number of fused-ring (bicyclic) bond motifs is 1. The Morgan fingerprint density at radius 3 is 2.57 bits per heavy atom. The van der Waals surface area contributed by atoms with Gasteiger partial charge in [0.25, 0.3) is 11.8 Å². The zero-order valence-corrected chi connectivity index (χ0v) is 18.1. The molecule has 1 fully saturated rings. The fraction of sp³-hybridized carbons (Fsp3) is 0.174. The SMILES string of the molecule is O=C1CCC(N2Cc3ccc(-n4cc(C(=O)Nc5ccc(C(=O)O)cc5)nn4)cc3C2=O)C(=O)N1. The van der Waals surface area contributed by atoms with Crippen LogP contribution in [0.25, 0.3) is 5.69 Å². The molecular formula is C23H18N6O6. The van der Waals surface area contributed by atoms with E-state index in [0.717, 1.165) is 5.56 Å². The van der Waals surface area contributed by atoms with Crippen molar-refractivity contribution in [2.24, 2.45) is 0 Å². The number of nitrogens with zero attached hydrogens (tertiary/aromatic N) is 4. The first-order valence-corrected chi connectivity index (χ1v) is 10.6. The number of carbonyl (C=O) groups is 5. The van der Waals surface area contributed by atoms with Gasteiger partial charge in [0.1, 0.15) is 6.04 Å². The van der Waals surface area contributed by atoms with Crippen LogP contribution in [0.4, 0.5) is 5.69 Å². The van der Waals surface area contributed by atoms with Crippen molar-refractivity contribution in [2.75, 3.05) is 5.32 Å². The maximum Gasteiger partial charge on any atom is 0.335 e. The molecule has 0 spiro atoms. The van der Waals surface area contributed by atoms with Gasteiger partial charge < -0.3 is 15.3 Å². The van der Waals surface area contributed by atoms with Gasteiger partial charge in [-0.05, 0) is 48.4 Å². The molecule has 1 atom stereocenters. The van der Waals surface area contributed by atoms with Gasteiger partial charge in [-0.3, -0.25) is 24.5 Å². The quantitative estimate of drug-likeness (QED) is 0.461. The number of nitrogens with one attached hydrogen (secondary N) is 2. The Bertz CT molecular complexity index is 1400. The molecule has 12 heteroatoms. The molecule has 2 aliphatic heterocycles. The molecule has 5 rings (SSSR count). The van der Waals surface area contributed by atoms with E-state index in [0.29, 0.717) is 16.9 Å². The molecule has 0 aliphatic carbocycles. The van der Waals surface area contributed by atoms with Crippen molar-refractivity contribution in [3.05, 3.63) is 71.0 Å². The molecule has 0 radical (unpaired) electrons. The summed E-state index contributed by atoms with van der Waals surface area (Å²) in [6.07, 6.45) is 1.85. The van der Waals surface area contributed by atoms with E-state index in [-0.39, 0.29) is 42.5 Å². The average molecular weight is 474 g/mol. The third-order valence-corrected chi connectivity index (χ3v) is 5.89. The van der Waals surface area contributed by atoms with E-state index in [9.17, 15) is 24.0 Å². The van der Waals surface area contributed by atoms with Crippen molar-refractivity contribution in [1.29, 1.82) is 0 Å². The van der Waals surface area contributed by atoms with E-state index >= 15 is 0 Å². The van der Waals surface area contributed by atoms with Crippen LogP contribution in [-0.2, 0) is 16.1 Å². The molecule has 4 amide bonds. The monoisotopic (exact) mass is 474 g/mol. The number of hydrogen-bond donors (Lipinski definition) is 3. The first-order valence-electron chi connectivity index (χ1n) is 10.6. The first-order chi connectivity index (χ1) is 16.8. The molecule has 0 saturated carbocycles. The number of carboxylic acid groups (broad SMARTS) is 1. The summed E-state index contributed by atoms with van der Waals surface area (Å²) in [6.45, 7) is 0.256. The Morgan fingerprint density at radius 1 is 1.09 bits per heavy atom. The lowest BCUT2D eigenvalue weighted by Gasteiger charge is -2.29. The van der Waals surface area contributed by atoms with Crippen molar-refractivity contribution in [2.45, 2.75) is 25.4 Å². The number of aromatic nitrogens is 3. The number of aromatic carboxylic acids is 1. The van der Waals surface area contributed by atoms with Crippen LogP contribution in [0.5, 0.6) is 0 Å². The summed E-state index contributed by atoms with van der Waals surface area (Å²) < 4.78 is 1.35. The highest BCUT2D eigenvalue weighted by atomic mass is 16.4. The first kappa shape index (κ1) is 21.9. The molecule has 3 aromatic rings. The number of imide groups is 1. The molecule has 35 heavy (non-hydrogen) atoms. The fourth-order valence-electron chi connectivity index (χ4n) is 4.07. The third-order valence-electron chi connectivity index (χ3n) is 5.89. The number of anilines is 1. The molecule has 2 aromatic carbocycles. The van der Waals surface area contributed by atoms with E-state index < -0.39 is 23.8 Å². The Hall–Kier alpha value is -4.87. The number of carboxylic acids is 1. The van der Waals surface area contributed by atoms with Gasteiger partial charge in [0.05, 0.1) is 17.4 Å². The second-order valence-corrected chi connectivity index (χ2v) is 8.13. The van der Waals surface area contributed by atoms with Crippen LogP contribution in [0.3, 0.4) is 0 Å². The van der Waals surface area contributed by atoms with E-state index in [1.807, 2.05) is 0 Å². The van der Waals surface area contributed by atoms with E-state index in [1.54, 1.807) is 18.2 Å². The minimum atomic E-state index is -1.07. The summed E-state index contributed by atoms with van der Waals surface area (Å²) in [6, 6.07) is 10.1. The predicted molar refractivity (Wildman–Crippen MR) is 119 cm³/mol. The molecule has 176 valence electrons. The van der Waals surface area contributed by atoms with Crippen LogP contribution in [0.2, 0.25) is 0 Å². The fourth-order valence-corrected chi connectivity index (χ4v) is 4.07. The van der Waals surface area contributed by atoms with Gasteiger partial charge in [-0.25, -0.2) is 9.48 Å². The zero-order chi connectivity index (χ0) is 24.7. The molecule has 1 aromatic heterocycles. The Kier molecular flexibility index (Phi) is 5.32. The summed E-state index contributed by atoms with van der Waals surface area (Å²) in [5, 5.41) is 21.7. The molecule has 1 saturated heterocycles. The lowest BCUT2D eigenvalue weighted by atomic mass is 10.0. The van der Waals surface area contributed by atoms with Crippen molar-refractivity contribution < 1.29 is 29.1 Å². The van der Waals surface area contributed by atoms with Gasteiger partial charge in [-0.1, -0.05) is 11.3 Å². The van der Waals surface area contributed by atoms with Gasteiger partial charge in [0, 0.05) is 24.2 Å². The Balaban J connectivity index is 1.31. The van der Waals surface area contributed by atoms with Crippen molar-refractivity contribution >= 4 is 35.3 Å². The maximum absolute atomic E-state index is 13.0. The van der Waals surface area contributed by atoms with Crippen LogP contribution >= 0.6 is 0 Å². The third kappa shape index (κ3) is 4.12. The van der Waals surface area contributed by atoms with Crippen LogP contribution in [0, 0.1) is 0 Å². The second-order valence-electron chi connectivity index (χ2n) is 8.13. The maximum atomic E-state index is 13.0. The van der Waals surface area contributed by atoms with Crippen molar-refractivity contribution in [1.82, 2.24) is 25.2 Å². The number of carbonyl (C=O) groups excluding carboxylic acids is 4. The van der Waals surface area contributed by atoms with Gasteiger partial charge >= 0.3 is 5.97 Å². The van der Waals surface area contributed by atoms with Gasteiger partial charge in [0.15, 0.2) is 5.69 Å². The number of hydrogen-bond acceptors (Lipinski definition) is 7. The van der Waals surface area contributed by atoms with E-state index in [2.05, 4.69) is 20.9 Å². The second kappa shape index (κ2) is 8.48. The highest BCUT2D eigenvalue weighted by Gasteiger charge is 2.39. The Labute approximate surface area is 197 Å². The summed E-state index contributed by atoms with van der Waals surface area (Å²) in [5.74, 6) is -2.76. The average Bonchev–Trinajstić information content (AvgIpc) is 3.45. The van der Waals surface area contributed by atoms with Crippen LogP contribution in [-0.4, -0.2) is 60.6 Å². The highest BCUT2D eigenvalue weighted by molar-refractivity contribution is 6.06. The lowest BCUT2D eigenvalue weighted by Crippen LogP contribution is -2.52. The van der Waals surface area contributed by atoms with Crippen molar-refractivity contribution in [3.8, 4) is 5.69 Å². The largest absolute Gasteiger partial charge is 0.478 e. The van der Waals surface area contributed by atoms with Gasteiger partial charge in [-0.15, -0.1) is 5.10 Å². The molecule has 3 heterocycles. The molecule has 12 nitrogen and oxygen atoms in total. The predicted octanol–water partition coefficient (Wildman–Crippen LogP) is 0.979. The van der Waals surface area contributed by atoms with Crippen molar-refractivity contribution in [3.63, 3.8) is 0 Å². The topological polar surface area (TPSA) is 164 Å². The zero-order valence-electron chi connectivity index (χ0n) is 18.1. The minimum absolute atomic E-state index is 0.0179. The van der Waals surface area contributed by atoms with E-state index in [1.165, 1.54) is 40.0 Å². The normalized spacial score (nSPS) is 17.2. The number of benzene rings is 2. The van der Waals surface area contributed by atoms with Gasteiger partial charge in [0.2, 0.25) is 11.8 Å². The number of rotatable bonds is 5. The summed E-state index contributed by atoms with van der Waals surface area (Å²) >= 11 is 0. The van der Waals surface area contributed by atoms with Crippen LogP contribution in [0.15, 0.2) is 48.7 Å². The molecular weight excluding hydrogens is 456 g/mol. The standard InChI is InChI=1S/C23H18N6O6/c30-19-8-7-18(21(32)25-19)28-10-13-3-6-15(9-16(13)22(28)33)29-11-17(26-27-29)20(31)24-14-4-1-12(2-5-14)23(34)35/h1-6,9,11,18H,7-8,10H2,(H,24,31)(H,34,35)(H,25,30,32). The lowest BCUT2D eigenvalue weighted by molar-refractivity contribution is -0.136. The van der Waals surface area contributed by atoms with Crippen LogP contribution in [0.1, 0.15) is 49.6 Å². The minimum Gasteiger partial charge on any atom is -0.478 e. The Morgan fingerprint density at radius 2 is 1.86 bits per heavy atom. The summed E-state index contributed by atoms with van der Waals surface area (Å²) in [5.41, 5.74) is 2.16. The summed E-state index contributed by atoms with van der Waals surface area (Å²) in [7, 11) is 0. The smallest absolute Gasteiger partial charge is 0.335 e. The molecule has 3 N–H and O–H groups in total. The van der Waals surface area contributed by atoms with E-state index in [4.69, 9.17) is 5.11 Å². The summed E-state index contributed by atoms with van der Waals surface area (Å²) in [4.78, 5) is 61.6. The molecule has 1 unspecified atom stereocenters. The van der Waals surface area contributed by atoms with Crippen LogP contribution < -0.4 is 10.6 Å². The number of amides is 4.